The smallest absolute Gasteiger partial charge is 0.127 e. The standard InChI is InChI=1S/C12H16FN/c1-9-3-4-11(13)10(7-9)12(5-6-12)8-14-2/h3-4,7,14H,5-6,8H2,1-2H3. The molecular weight excluding hydrogens is 177 g/mol. The lowest BCUT2D eigenvalue weighted by molar-refractivity contribution is 0.551. The molecule has 1 N–H and O–H groups in total. The van der Waals surface area contributed by atoms with Crippen LogP contribution in [-0.4, -0.2) is 13.6 Å². The van der Waals surface area contributed by atoms with E-state index in [2.05, 4.69) is 5.32 Å². The van der Waals surface area contributed by atoms with Crippen LogP contribution in [0.5, 0.6) is 0 Å². The SMILES string of the molecule is CNCC1(c2cc(C)ccc2F)CC1. The first-order chi connectivity index (χ1) is 6.68. The summed E-state index contributed by atoms with van der Waals surface area (Å²) in [5.41, 5.74) is 2.13. The van der Waals surface area contributed by atoms with Gasteiger partial charge in [-0.1, -0.05) is 17.7 Å². The summed E-state index contributed by atoms with van der Waals surface area (Å²) in [6.45, 7) is 2.89. The molecule has 1 aromatic carbocycles. The average Bonchev–Trinajstić information content (AvgIpc) is 2.91. The van der Waals surface area contributed by atoms with Gasteiger partial charge in [0.05, 0.1) is 0 Å². The van der Waals surface area contributed by atoms with Crippen LogP contribution in [0.3, 0.4) is 0 Å². The number of benzene rings is 1. The maximum Gasteiger partial charge on any atom is 0.127 e. The van der Waals surface area contributed by atoms with Crippen molar-refractivity contribution in [3.8, 4) is 0 Å². The fraction of sp³-hybridized carbons (Fsp3) is 0.500. The van der Waals surface area contributed by atoms with Gasteiger partial charge in [-0.25, -0.2) is 4.39 Å². The first-order valence-electron chi connectivity index (χ1n) is 5.09. The highest BCUT2D eigenvalue weighted by molar-refractivity contribution is 5.36. The first kappa shape index (κ1) is 9.66. The normalized spacial score (nSPS) is 18.2. The van der Waals surface area contributed by atoms with E-state index in [4.69, 9.17) is 0 Å². The van der Waals surface area contributed by atoms with Crippen LogP contribution in [0.2, 0.25) is 0 Å². The van der Waals surface area contributed by atoms with Crippen LogP contribution in [0, 0.1) is 12.7 Å². The minimum Gasteiger partial charge on any atom is -0.319 e. The minimum atomic E-state index is -0.0525. The van der Waals surface area contributed by atoms with Gasteiger partial charge < -0.3 is 5.32 Å². The van der Waals surface area contributed by atoms with E-state index in [9.17, 15) is 4.39 Å². The molecule has 0 bridgehead atoms. The first-order valence-corrected chi connectivity index (χ1v) is 5.09. The van der Waals surface area contributed by atoms with Crippen LogP contribution in [-0.2, 0) is 5.41 Å². The van der Waals surface area contributed by atoms with Crippen molar-refractivity contribution in [2.75, 3.05) is 13.6 Å². The van der Waals surface area contributed by atoms with Crippen LogP contribution < -0.4 is 5.32 Å². The number of hydrogen-bond acceptors (Lipinski definition) is 1. The summed E-state index contributed by atoms with van der Waals surface area (Å²) in [5, 5.41) is 3.15. The molecule has 0 aliphatic heterocycles. The Hall–Kier alpha value is -0.890. The molecule has 1 aliphatic carbocycles. The molecule has 2 heteroatoms. The summed E-state index contributed by atoms with van der Waals surface area (Å²) in [4.78, 5) is 0. The van der Waals surface area contributed by atoms with Crippen molar-refractivity contribution >= 4 is 0 Å². The molecule has 0 amide bonds. The molecule has 0 aromatic heterocycles. The van der Waals surface area contributed by atoms with Crippen LogP contribution >= 0.6 is 0 Å². The second-order valence-corrected chi connectivity index (χ2v) is 4.29. The van der Waals surface area contributed by atoms with E-state index in [0.29, 0.717) is 0 Å². The van der Waals surface area contributed by atoms with Crippen LogP contribution in [0.25, 0.3) is 0 Å². The molecule has 0 atom stereocenters. The predicted octanol–water partition coefficient (Wildman–Crippen LogP) is 2.39. The van der Waals surface area contributed by atoms with Crippen molar-refractivity contribution in [3.05, 3.63) is 35.1 Å². The van der Waals surface area contributed by atoms with Crippen molar-refractivity contribution < 1.29 is 4.39 Å². The molecule has 1 nitrogen and oxygen atoms in total. The quantitative estimate of drug-likeness (QED) is 0.777. The topological polar surface area (TPSA) is 12.0 Å². The van der Waals surface area contributed by atoms with E-state index in [-0.39, 0.29) is 11.2 Å². The Bertz CT molecular complexity index is 342. The molecule has 0 heterocycles. The fourth-order valence-electron chi connectivity index (χ4n) is 2.08. The number of hydrogen-bond donors (Lipinski definition) is 1. The zero-order valence-corrected chi connectivity index (χ0v) is 8.73. The monoisotopic (exact) mass is 193 g/mol. The summed E-state index contributed by atoms with van der Waals surface area (Å²) in [6, 6.07) is 5.40. The second kappa shape index (κ2) is 3.35. The highest BCUT2D eigenvalue weighted by atomic mass is 19.1. The van der Waals surface area contributed by atoms with Gasteiger partial charge in [-0.15, -0.1) is 0 Å². The third-order valence-corrected chi connectivity index (χ3v) is 3.06. The fourth-order valence-corrected chi connectivity index (χ4v) is 2.08. The lowest BCUT2D eigenvalue weighted by atomic mass is 9.94. The van der Waals surface area contributed by atoms with Gasteiger partial charge in [-0.3, -0.25) is 0 Å². The van der Waals surface area contributed by atoms with Crippen LogP contribution in [0.4, 0.5) is 4.39 Å². The molecule has 1 saturated carbocycles. The highest BCUT2D eigenvalue weighted by Gasteiger charge is 2.45. The molecule has 0 unspecified atom stereocenters. The molecular formula is C12H16FN. The Morgan fingerprint density at radius 1 is 1.43 bits per heavy atom. The summed E-state index contributed by atoms with van der Waals surface area (Å²) in [5.74, 6) is -0.0525. The van der Waals surface area contributed by atoms with Crippen molar-refractivity contribution in [3.63, 3.8) is 0 Å². The Morgan fingerprint density at radius 3 is 2.71 bits per heavy atom. The second-order valence-electron chi connectivity index (χ2n) is 4.29. The molecule has 14 heavy (non-hydrogen) atoms. The Balaban J connectivity index is 2.35. The number of aryl methyl sites for hydroxylation is 1. The lowest BCUT2D eigenvalue weighted by Crippen LogP contribution is -2.24. The maximum atomic E-state index is 13.6. The molecule has 76 valence electrons. The Kier molecular flexibility index (Phi) is 2.31. The van der Waals surface area contributed by atoms with Crippen LogP contribution in [0.15, 0.2) is 18.2 Å². The molecule has 0 spiro atoms. The Morgan fingerprint density at radius 2 is 2.14 bits per heavy atom. The van der Waals surface area contributed by atoms with E-state index >= 15 is 0 Å². The average molecular weight is 193 g/mol. The number of nitrogens with one attached hydrogen (secondary N) is 1. The molecule has 2 rings (SSSR count). The van der Waals surface area contributed by atoms with Crippen molar-refractivity contribution in [2.24, 2.45) is 0 Å². The number of likely N-dealkylation sites (N-methyl/N-ethyl adjacent to an activating group) is 1. The number of halogens is 1. The van der Waals surface area contributed by atoms with Gasteiger partial charge in [0.2, 0.25) is 0 Å². The molecule has 0 radical (unpaired) electrons. The van der Waals surface area contributed by atoms with Crippen molar-refractivity contribution in [2.45, 2.75) is 25.2 Å². The van der Waals surface area contributed by atoms with Crippen molar-refractivity contribution in [1.82, 2.24) is 5.32 Å². The van der Waals surface area contributed by atoms with E-state index in [1.165, 1.54) is 0 Å². The zero-order valence-electron chi connectivity index (χ0n) is 8.73. The Labute approximate surface area is 84.3 Å². The van der Waals surface area contributed by atoms with E-state index < -0.39 is 0 Å². The summed E-state index contributed by atoms with van der Waals surface area (Å²) < 4.78 is 13.6. The van der Waals surface area contributed by atoms with E-state index in [1.807, 2.05) is 26.1 Å². The van der Waals surface area contributed by atoms with Gasteiger partial charge in [0.1, 0.15) is 5.82 Å². The summed E-state index contributed by atoms with van der Waals surface area (Å²) in [6.07, 6.45) is 2.21. The van der Waals surface area contributed by atoms with Gasteiger partial charge in [-0.05, 0) is 38.4 Å². The molecule has 1 aromatic rings. The molecule has 0 saturated heterocycles. The zero-order chi connectivity index (χ0) is 10.2. The van der Waals surface area contributed by atoms with Crippen LogP contribution in [0.1, 0.15) is 24.0 Å². The third-order valence-electron chi connectivity index (χ3n) is 3.06. The molecule has 1 aliphatic rings. The minimum absolute atomic E-state index is 0.0525. The van der Waals surface area contributed by atoms with E-state index in [1.54, 1.807) is 6.07 Å². The van der Waals surface area contributed by atoms with E-state index in [0.717, 1.165) is 30.5 Å². The largest absolute Gasteiger partial charge is 0.319 e. The van der Waals surface area contributed by atoms with Gasteiger partial charge in [0.15, 0.2) is 0 Å². The summed E-state index contributed by atoms with van der Waals surface area (Å²) >= 11 is 0. The van der Waals surface area contributed by atoms with Gasteiger partial charge >= 0.3 is 0 Å². The van der Waals surface area contributed by atoms with Gasteiger partial charge in [0, 0.05) is 12.0 Å². The van der Waals surface area contributed by atoms with Gasteiger partial charge in [0.25, 0.3) is 0 Å². The third kappa shape index (κ3) is 1.55. The summed E-state index contributed by atoms with van der Waals surface area (Å²) in [7, 11) is 1.92. The lowest BCUT2D eigenvalue weighted by Gasteiger charge is -2.16. The maximum absolute atomic E-state index is 13.6. The van der Waals surface area contributed by atoms with Gasteiger partial charge in [-0.2, -0.15) is 0 Å². The van der Waals surface area contributed by atoms with Crippen molar-refractivity contribution in [1.29, 1.82) is 0 Å². The molecule has 1 fully saturated rings. The number of rotatable bonds is 3. The highest BCUT2D eigenvalue weighted by Crippen LogP contribution is 2.48. The predicted molar refractivity (Wildman–Crippen MR) is 56.0 cm³/mol.